The summed E-state index contributed by atoms with van der Waals surface area (Å²) in [6.07, 6.45) is 3.19. The quantitative estimate of drug-likeness (QED) is 0.563. The molecule has 6 nitrogen and oxygen atoms in total. The molecule has 154 valence electrons. The maximum atomic E-state index is 12.5. The van der Waals surface area contributed by atoms with Crippen molar-refractivity contribution in [2.75, 3.05) is 22.9 Å². The van der Waals surface area contributed by atoms with Crippen LogP contribution >= 0.6 is 22.7 Å². The highest BCUT2D eigenvalue weighted by molar-refractivity contribution is 7.92. The lowest BCUT2D eigenvalue weighted by Crippen LogP contribution is -2.24. The van der Waals surface area contributed by atoms with E-state index in [0.29, 0.717) is 15.7 Å². The Kier molecular flexibility index (Phi) is 6.40. The molecular weight excluding hydrogens is 426 g/mol. The maximum absolute atomic E-state index is 12.5. The molecule has 0 atom stereocenters. The van der Waals surface area contributed by atoms with Crippen molar-refractivity contribution in [1.29, 1.82) is 0 Å². The molecule has 0 saturated carbocycles. The van der Waals surface area contributed by atoms with Crippen LogP contribution in [-0.2, 0) is 16.4 Å². The molecule has 1 amide bonds. The summed E-state index contributed by atoms with van der Waals surface area (Å²) in [4.78, 5) is 18.9. The van der Waals surface area contributed by atoms with Gasteiger partial charge in [-0.05, 0) is 37.1 Å². The Hall–Kier alpha value is -2.23. The molecule has 29 heavy (non-hydrogen) atoms. The van der Waals surface area contributed by atoms with Crippen molar-refractivity contribution < 1.29 is 13.2 Å². The van der Waals surface area contributed by atoms with E-state index in [2.05, 4.69) is 17.2 Å². The lowest BCUT2D eigenvalue weighted by molar-refractivity contribution is 0.103. The first-order chi connectivity index (χ1) is 13.7. The summed E-state index contributed by atoms with van der Waals surface area (Å²) < 4.78 is 24.5. The maximum Gasteiger partial charge on any atom is 0.267 e. The van der Waals surface area contributed by atoms with Crippen molar-refractivity contribution in [1.82, 2.24) is 4.98 Å². The van der Waals surface area contributed by atoms with Gasteiger partial charge in [-0.15, -0.1) is 22.7 Å². The van der Waals surface area contributed by atoms with Gasteiger partial charge in [0.2, 0.25) is 10.0 Å². The van der Waals surface area contributed by atoms with Gasteiger partial charge in [-0.25, -0.2) is 13.4 Å². The second-order valence-corrected chi connectivity index (χ2v) is 10.8. The number of nitrogens with one attached hydrogen (secondary N) is 1. The van der Waals surface area contributed by atoms with E-state index in [9.17, 15) is 13.2 Å². The van der Waals surface area contributed by atoms with Gasteiger partial charge in [0.25, 0.3) is 5.91 Å². The fraction of sp³-hybridized carbons (Fsp3) is 0.300. The van der Waals surface area contributed by atoms with Gasteiger partial charge in [-0.3, -0.25) is 14.4 Å². The molecule has 3 aromatic rings. The van der Waals surface area contributed by atoms with Gasteiger partial charge in [-0.1, -0.05) is 25.5 Å². The van der Waals surface area contributed by atoms with Crippen molar-refractivity contribution in [3.63, 3.8) is 0 Å². The largest absolute Gasteiger partial charge is 0.297 e. The molecule has 1 aromatic carbocycles. The molecule has 0 fully saturated rings. The summed E-state index contributed by atoms with van der Waals surface area (Å²) in [6, 6.07) is 9.06. The Morgan fingerprint density at radius 3 is 2.55 bits per heavy atom. The molecule has 3 rings (SSSR count). The van der Waals surface area contributed by atoms with Gasteiger partial charge in [0.15, 0.2) is 5.13 Å². The van der Waals surface area contributed by atoms with E-state index in [0.717, 1.165) is 30.4 Å². The molecule has 0 aliphatic heterocycles. The third-order valence-electron chi connectivity index (χ3n) is 4.51. The smallest absolute Gasteiger partial charge is 0.267 e. The molecular formula is C20H23N3O3S3. The van der Waals surface area contributed by atoms with Gasteiger partial charge >= 0.3 is 0 Å². The van der Waals surface area contributed by atoms with Crippen LogP contribution in [0.15, 0.2) is 35.7 Å². The summed E-state index contributed by atoms with van der Waals surface area (Å²) in [6.45, 7) is 4.17. The average molecular weight is 450 g/mol. The van der Waals surface area contributed by atoms with Crippen LogP contribution in [0.5, 0.6) is 0 Å². The molecule has 0 bridgehead atoms. The molecule has 0 spiro atoms. The Balaban J connectivity index is 1.72. The number of benzene rings is 1. The predicted molar refractivity (Wildman–Crippen MR) is 122 cm³/mol. The highest BCUT2D eigenvalue weighted by atomic mass is 32.2. The number of aryl methyl sites for hydroxylation is 2. The van der Waals surface area contributed by atoms with E-state index < -0.39 is 10.0 Å². The van der Waals surface area contributed by atoms with E-state index in [4.69, 9.17) is 0 Å². The molecule has 0 radical (unpaired) electrons. The molecule has 0 aliphatic rings. The minimum Gasteiger partial charge on any atom is -0.297 e. The monoisotopic (exact) mass is 449 g/mol. The van der Waals surface area contributed by atoms with Crippen molar-refractivity contribution in [2.24, 2.45) is 0 Å². The first-order valence-corrected chi connectivity index (χ1v) is 12.6. The minimum absolute atomic E-state index is 0.147. The fourth-order valence-electron chi connectivity index (χ4n) is 2.81. The number of carbonyl (C=O) groups is 1. The van der Waals surface area contributed by atoms with E-state index in [1.54, 1.807) is 12.1 Å². The fourth-order valence-corrected chi connectivity index (χ4v) is 4.99. The second-order valence-electron chi connectivity index (χ2n) is 6.71. The van der Waals surface area contributed by atoms with E-state index in [1.165, 1.54) is 44.5 Å². The Bertz CT molecular complexity index is 1120. The number of nitrogens with zero attached hydrogens (tertiary/aromatic N) is 2. The van der Waals surface area contributed by atoms with E-state index in [1.807, 2.05) is 30.5 Å². The zero-order chi connectivity index (χ0) is 21.2. The van der Waals surface area contributed by atoms with Crippen LogP contribution in [0.1, 0.15) is 33.5 Å². The molecule has 0 saturated heterocycles. The minimum atomic E-state index is -3.30. The number of anilines is 2. The molecule has 1 N–H and O–H groups in total. The highest BCUT2D eigenvalue weighted by Gasteiger charge is 2.15. The van der Waals surface area contributed by atoms with E-state index >= 15 is 0 Å². The zero-order valence-corrected chi connectivity index (χ0v) is 19.2. The Labute approximate surface area is 179 Å². The van der Waals surface area contributed by atoms with Crippen LogP contribution in [0.4, 0.5) is 10.8 Å². The number of aromatic nitrogens is 1. The number of hydrogen-bond acceptors (Lipinski definition) is 6. The molecule has 0 unspecified atom stereocenters. The number of carbonyl (C=O) groups excluding carboxylic acids is 1. The first kappa shape index (κ1) is 21.5. The van der Waals surface area contributed by atoms with Crippen LogP contribution in [0.25, 0.3) is 11.3 Å². The average Bonchev–Trinajstić information content (AvgIpc) is 3.28. The number of thiophene rings is 1. The number of thiazole rings is 1. The van der Waals surface area contributed by atoms with Crippen molar-refractivity contribution >= 4 is 49.4 Å². The summed E-state index contributed by atoms with van der Waals surface area (Å²) >= 11 is 2.86. The number of sulfonamides is 1. The van der Waals surface area contributed by atoms with Crippen molar-refractivity contribution in [3.8, 4) is 11.3 Å². The number of amides is 1. The molecule has 9 heteroatoms. The molecule has 0 aliphatic carbocycles. The first-order valence-electron chi connectivity index (χ1n) is 9.09. The van der Waals surface area contributed by atoms with Crippen LogP contribution < -0.4 is 9.62 Å². The normalized spacial score (nSPS) is 11.4. The zero-order valence-electron chi connectivity index (χ0n) is 16.7. The lowest BCUT2D eigenvalue weighted by Gasteiger charge is -2.16. The standard InChI is InChI=1S/C20H23N3O3S3/c1-5-6-15-11-18(28-13(15)2)19(24)22-20-21-17(12-27-20)14-7-9-16(10-8-14)23(3)29(4,25)26/h7-12H,5-6H2,1-4H3,(H,21,22,24). The van der Waals surface area contributed by atoms with Gasteiger partial charge in [0.1, 0.15) is 0 Å². The lowest BCUT2D eigenvalue weighted by atomic mass is 10.1. The Morgan fingerprint density at radius 2 is 1.93 bits per heavy atom. The predicted octanol–water partition coefficient (Wildman–Crippen LogP) is 4.78. The third kappa shape index (κ3) is 5.04. The Morgan fingerprint density at radius 1 is 1.24 bits per heavy atom. The number of rotatable bonds is 7. The van der Waals surface area contributed by atoms with Crippen molar-refractivity contribution in [3.05, 3.63) is 51.0 Å². The van der Waals surface area contributed by atoms with Crippen LogP contribution in [0.2, 0.25) is 0 Å². The van der Waals surface area contributed by atoms with Crippen molar-refractivity contribution in [2.45, 2.75) is 26.7 Å². The van der Waals surface area contributed by atoms with Gasteiger partial charge in [0.05, 0.1) is 22.5 Å². The summed E-state index contributed by atoms with van der Waals surface area (Å²) in [5, 5.41) is 5.27. The summed E-state index contributed by atoms with van der Waals surface area (Å²) in [5.74, 6) is -0.147. The summed E-state index contributed by atoms with van der Waals surface area (Å²) in [5.41, 5.74) is 3.38. The summed E-state index contributed by atoms with van der Waals surface area (Å²) in [7, 11) is -1.79. The third-order valence-corrected chi connectivity index (χ3v) is 7.57. The topological polar surface area (TPSA) is 79.4 Å². The van der Waals surface area contributed by atoms with Crippen LogP contribution in [0, 0.1) is 6.92 Å². The van der Waals surface area contributed by atoms with Crippen LogP contribution in [-0.4, -0.2) is 32.6 Å². The van der Waals surface area contributed by atoms with Crippen LogP contribution in [0.3, 0.4) is 0 Å². The number of hydrogen-bond donors (Lipinski definition) is 1. The van der Waals surface area contributed by atoms with Gasteiger partial charge in [-0.2, -0.15) is 0 Å². The molecule has 2 aromatic heterocycles. The SMILES string of the molecule is CCCc1cc(C(=O)Nc2nc(-c3ccc(N(C)S(C)(=O)=O)cc3)cs2)sc1C. The van der Waals surface area contributed by atoms with Gasteiger partial charge in [0, 0.05) is 22.9 Å². The van der Waals surface area contributed by atoms with Gasteiger partial charge < -0.3 is 0 Å². The molecule has 2 heterocycles. The van der Waals surface area contributed by atoms with E-state index in [-0.39, 0.29) is 5.91 Å². The second kappa shape index (κ2) is 8.64. The highest BCUT2D eigenvalue weighted by Crippen LogP contribution is 2.28.